The van der Waals surface area contributed by atoms with Crippen LogP contribution in [0.1, 0.15) is 29.8 Å². The highest BCUT2D eigenvalue weighted by Crippen LogP contribution is 2.22. The summed E-state index contributed by atoms with van der Waals surface area (Å²) in [4.78, 5) is 4.45. The molecular weight excluding hydrogens is 208 g/mol. The van der Waals surface area contributed by atoms with Gasteiger partial charge in [-0.15, -0.1) is 0 Å². The third kappa shape index (κ3) is 2.71. The Balaban J connectivity index is 2.39. The molecule has 0 saturated carbocycles. The molecule has 2 rings (SSSR count). The fraction of sp³-hybridized carbons (Fsp3) is 0.267. The summed E-state index contributed by atoms with van der Waals surface area (Å²) in [5.74, 6) is 0. The van der Waals surface area contributed by atoms with Crippen molar-refractivity contribution in [2.24, 2.45) is 0 Å². The van der Waals surface area contributed by atoms with Gasteiger partial charge >= 0.3 is 0 Å². The molecule has 1 aromatic heterocycles. The van der Waals surface area contributed by atoms with Crippen molar-refractivity contribution in [1.82, 2.24) is 10.3 Å². The first-order valence-corrected chi connectivity index (χ1v) is 6.02. The maximum absolute atomic E-state index is 4.45. The molecular formula is C15H18N2. The fourth-order valence-electron chi connectivity index (χ4n) is 2.04. The van der Waals surface area contributed by atoms with Gasteiger partial charge in [0.25, 0.3) is 0 Å². The van der Waals surface area contributed by atoms with Gasteiger partial charge in [-0.05, 0) is 36.7 Å². The molecule has 2 nitrogen and oxygen atoms in total. The summed E-state index contributed by atoms with van der Waals surface area (Å²) in [5, 5.41) is 3.49. The summed E-state index contributed by atoms with van der Waals surface area (Å²) in [5.41, 5.74) is 3.67. The van der Waals surface area contributed by atoms with Gasteiger partial charge in [0.2, 0.25) is 0 Å². The SMILES string of the molecule is CCNC(c1ccccn1)c1ccccc1C. The van der Waals surface area contributed by atoms with E-state index >= 15 is 0 Å². The number of benzene rings is 1. The average molecular weight is 226 g/mol. The molecule has 0 fully saturated rings. The topological polar surface area (TPSA) is 24.9 Å². The van der Waals surface area contributed by atoms with Crippen LogP contribution in [0.2, 0.25) is 0 Å². The summed E-state index contributed by atoms with van der Waals surface area (Å²) < 4.78 is 0. The molecule has 2 heteroatoms. The van der Waals surface area contributed by atoms with Crippen LogP contribution in [-0.2, 0) is 0 Å². The van der Waals surface area contributed by atoms with Crippen LogP contribution >= 0.6 is 0 Å². The number of rotatable bonds is 4. The van der Waals surface area contributed by atoms with Crippen LogP contribution in [0, 0.1) is 6.92 Å². The molecule has 88 valence electrons. The quantitative estimate of drug-likeness (QED) is 0.866. The summed E-state index contributed by atoms with van der Waals surface area (Å²) in [7, 11) is 0. The minimum atomic E-state index is 0.183. The van der Waals surface area contributed by atoms with Crippen LogP contribution < -0.4 is 5.32 Å². The minimum Gasteiger partial charge on any atom is -0.305 e. The van der Waals surface area contributed by atoms with E-state index in [9.17, 15) is 0 Å². The predicted molar refractivity (Wildman–Crippen MR) is 70.9 cm³/mol. The van der Waals surface area contributed by atoms with Gasteiger partial charge in [-0.1, -0.05) is 37.3 Å². The van der Waals surface area contributed by atoms with Gasteiger partial charge in [0.05, 0.1) is 11.7 Å². The zero-order chi connectivity index (χ0) is 12.1. The number of hydrogen-bond donors (Lipinski definition) is 1. The molecule has 0 aliphatic rings. The third-order valence-corrected chi connectivity index (χ3v) is 2.89. The van der Waals surface area contributed by atoms with Crippen LogP contribution in [0.15, 0.2) is 48.7 Å². The standard InChI is InChI=1S/C15H18N2/c1-3-16-15(14-10-6-7-11-17-14)13-9-5-4-8-12(13)2/h4-11,15-16H,3H2,1-2H3. The molecule has 1 heterocycles. The van der Waals surface area contributed by atoms with Crippen LogP contribution in [0.4, 0.5) is 0 Å². The molecule has 0 radical (unpaired) electrons. The largest absolute Gasteiger partial charge is 0.305 e. The van der Waals surface area contributed by atoms with Crippen LogP contribution in [0.25, 0.3) is 0 Å². The summed E-state index contributed by atoms with van der Waals surface area (Å²) in [6, 6.07) is 14.7. The molecule has 0 amide bonds. The van der Waals surface area contributed by atoms with E-state index in [1.165, 1.54) is 11.1 Å². The highest BCUT2D eigenvalue weighted by Gasteiger charge is 2.15. The first kappa shape index (κ1) is 11.8. The van der Waals surface area contributed by atoms with E-state index in [0.29, 0.717) is 0 Å². The van der Waals surface area contributed by atoms with Crippen LogP contribution in [-0.4, -0.2) is 11.5 Å². The van der Waals surface area contributed by atoms with Crippen molar-refractivity contribution >= 4 is 0 Å². The zero-order valence-corrected chi connectivity index (χ0v) is 10.4. The second kappa shape index (κ2) is 5.60. The van der Waals surface area contributed by atoms with Crippen molar-refractivity contribution in [3.63, 3.8) is 0 Å². The predicted octanol–water partition coefficient (Wildman–Crippen LogP) is 3.09. The first-order chi connectivity index (χ1) is 8.33. The van der Waals surface area contributed by atoms with E-state index in [4.69, 9.17) is 0 Å². The fourth-order valence-corrected chi connectivity index (χ4v) is 2.04. The maximum Gasteiger partial charge on any atom is 0.0753 e. The number of hydrogen-bond acceptors (Lipinski definition) is 2. The molecule has 0 aliphatic heterocycles. The Bertz CT molecular complexity index is 465. The van der Waals surface area contributed by atoms with Gasteiger partial charge in [-0.3, -0.25) is 4.98 Å². The number of pyridine rings is 1. The summed E-state index contributed by atoms with van der Waals surface area (Å²) in [6.07, 6.45) is 1.85. The van der Waals surface area contributed by atoms with Crippen molar-refractivity contribution in [2.75, 3.05) is 6.54 Å². The number of nitrogens with zero attached hydrogens (tertiary/aromatic N) is 1. The number of nitrogens with one attached hydrogen (secondary N) is 1. The minimum absolute atomic E-state index is 0.183. The Labute approximate surface area is 103 Å². The van der Waals surface area contributed by atoms with Gasteiger partial charge in [-0.25, -0.2) is 0 Å². The van der Waals surface area contributed by atoms with Gasteiger partial charge in [0.15, 0.2) is 0 Å². The first-order valence-electron chi connectivity index (χ1n) is 6.02. The Morgan fingerprint density at radius 1 is 1.12 bits per heavy atom. The van der Waals surface area contributed by atoms with Crippen LogP contribution in [0.3, 0.4) is 0 Å². The highest BCUT2D eigenvalue weighted by atomic mass is 14.9. The Morgan fingerprint density at radius 2 is 1.88 bits per heavy atom. The van der Waals surface area contributed by atoms with Gasteiger partial charge < -0.3 is 5.32 Å². The molecule has 1 aromatic carbocycles. The van der Waals surface area contributed by atoms with Crippen molar-refractivity contribution in [3.05, 3.63) is 65.5 Å². The second-order valence-corrected chi connectivity index (χ2v) is 4.10. The van der Waals surface area contributed by atoms with E-state index in [0.717, 1.165) is 12.2 Å². The van der Waals surface area contributed by atoms with Crippen LogP contribution in [0.5, 0.6) is 0 Å². The molecule has 0 saturated heterocycles. The lowest BCUT2D eigenvalue weighted by Crippen LogP contribution is -2.23. The highest BCUT2D eigenvalue weighted by molar-refractivity contribution is 5.34. The van der Waals surface area contributed by atoms with Crippen molar-refractivity contribution < 1.29 is 0 Å². The molecule has 17 heavy (non-hydrogen) atoms. The van der Waals surface area contributed by atoms with Crippen molar-refractivity contribution in [3.8, 4) is 0 Å². The number of aryl methyl sites for hydroxylation is 1. The third-order valence-electron chi connectivity index (χ3n) is 2.89. The molecule has 0 aliphatic carbocycles. The summed E-state index contributed by atoms with van der Waals surface area (Å²) >= 11 is 0. The number of aromatic nitrogens is 1. The van der Waals surface area contributed by atoms with Gasteiger partial charge in [0.1, 0.15) is 0 Å². The molecule has 0 spiro atoms. The molecule has 1 atom stereocenters. The Morgan fingerprint density at radius 3 is 2.53 bits per heavy atom. The van der Waals surface area contributed by atoms with E-state index in [2.05, 4.69) is 54.5 Å². The van der Waals surface area contributed by atoms with E-state index in [1.807, 2.05) is 18.3 Å². The van der Waals surface area contributed by atoms with Crippen molar-refractivity contribution in [1.29, 1.82) is 0 Å². The monoisotopic (exact) mass is 226 g/mol. The summed E-state index contributed by atoms with van der Waals surface area (Å²) in [6.45, 7) is 5.19. The van der Waals surface area contributed by atoms with E-state index in [1.54, 1.807) is 0 Å². The molecule has 0 bridgehead atoms. The molecule has 1 N–H and O–H groups in total. The Kier molecular flexibility index (Phi) is 3.89. The van der Waals surface area contributed by atoms with E-state index < -0.39 is 0 Å². The van der Waals surface area contributed by atoms with Gasteiger partial charge in [0, 0.05) is 6.20 Å². The molecule has 1 unspecified atom stereocenters. The maximum atomic E-state index is 4.45. The lowest BCUT2D eigenvalue weighted by Gasteiger charge is -2.19. The zero-order valence-electron chi connectivity index (χ0n) is 10.4. The average Bonchev–Trinajstić information content (AvgIpc) is 2.38. The lowest BCUT2D eigenvalue weighted by atomic mass is 9.98. The Hall–Kier alpha value is -1.67. The molecule has 2 aromatic rings. The smallest absolute Gasteiger partial charge is 0.0753 e. The second-order valence-electron chi connectivity index (χ2n) is 4.10. The van der Waals surface area contributed by atoms with E-state index in [-0.39, 0.29) is 6.04 Å². The lowest BCUT2D eigenvalue weighted by molar-refractivity contribution is 0.613. The van der Waals surface area contributed by atoms with Crippen molar-refractivity contribution in [2.45, 2.75) is 19.9 Å². The van der Waals surface area contributed by atoms with Gasteiger partial charge in [-0.2, -0.15) is 0 Å². The normalized spacial score (nSPS) is 12.4.